The van der Waals surface area contributed by atoms with Crippen LogP contribution in [0.3, 0.4) is 0 Å². The van der Waals surface area contributed by atoms with Crippen LogP contribution in [0.4, 0.5) is 5.69 Å². The molecule has 4 rings (SSSR count). The second kappa shape index (κ2) is 14.1. The van der Waals surface area contributed by atoms with E-state index in [1.807, 2.05) is 19.1 Å². The smallest absolute Gasteiger partial charge is 0.236 e. The summed E-state index contributed by atoms with van der Waals surface area (Å²) in [5, 5.41) is 6.69. The Morgan fingerprint density at radius 3 is 2.18 bits per heavy atom. The molecule has 214 valence electrons. The molecule has 3 N–H and O–H groups in total. The number of nitrogens with zero attached hydrogens (tertiary/aromatic N) is 1. The lowest BCUT2D eigenvalue weighted by Crippen LogP contribution is -2.50. The highest BCUT2D eigenvalue weighted by atomic mass is 32.2. The molecular formula is C30H44N4O4S. The molecule has 0 aromatic heterocycles. The summed E-state index contributed by atoms with van der Waals surface area (Å²) >= 11 is 0. The highest BCUT2D eigenvalue weighted by molar-refractivity contribution is 7.92. The minimum Gasteiger partial charge on any atom is -0.457 e. The van der Waals surface area contributed by atoms with Gasteiger partial charge < -0.3 is 15.4 Å². The number of rotatable bonds is 12. The van der Waals surface area contributed by atoms with E-state index in [0.717, 1.165) is 63.4 Å². The van der Waals surface area contributed by atoms with Crippen molar-refractivity contribution < 1.29 is 17.9 Å². The Hall–Kier alpha value is -2.62. The molecule has 1 saturated carbocycles. The van der Waals surface area contributed by atoms with Crippen LogP contribution in [0.1, 0.15) is 63.9 Å². The molecule has 1 aliphatic heterocycles. The normalized spacial score (nSPS) is 18.4. The second-order valence-corrected chi connectivity index (χ2v) is 12.9. The van der Waals surface area contributed by atoms with Crippen LogP contribution < -0.4 is 20.1 Å². The van der Waals surface area contributed by atoms with Crippen LogP contribution in [0.15, 0.2) is 48.5 Å². The minimum atomic E-state index is -3.30. The van der Waals surface area contributed by atoms with Crippen molar-refractivity contribution in [3.63, 3.8) is 0 Å². The van der Waals surface area contributed by atoms with Crippen molar-refractivity contribution in [2.75, 3.05) is 30.6 Å². The van der Waals surface area contributed by atoms with Gasteiger partial charge in [0.15, 0.2) is 0 Å². The predicted octanol–water partition coefficient (Wildman–Crippen LogP) is 4.88. The zero-order valence-corrected chi connectivity index (χ0v) is 24.1. The predicted molar refractivity (Wildman–Crippen MR) is 157 cm³/mol. The number of ether oxygens (including phenoxy) is 1. The Balaban J connectivity index is 1.14. The summed E-state index contributed by atoms with van der Waals surface area (Å²) in [7, 11) is -3.30. The topological polar surface area (TPSA) is 99.8 Å². The first kappa shape index (κ1) is 29.4. The van der Waals surface area contributed by atoms with E-state index in [4.69, 9.17) is 4.74 Å². The Labute approximate surface area is 233 Å². The third-order valence-electron chi connectivity index (χ3n) is 7.77. The number of hydrogen-bond acceptors (Lipinski definition) is 6. The van der Waals surface area contributed by atoms with Crippen LogP contribution >= 0.6 is 0 Å². The lowest BCUT2D eigenvalue weighted by atomic mass is 9.87. The lowest BCUT2D eigenvalue weighted by molar-refractivity contribution is -0.123. The van der Waals surface area contributed by atoms with Crippen molar-refractivity contribution in [1.29, 1.82) is 0 Å². The van der Waals surface area contributed by atoms with Crippen LogP contribution in [0, 0.1) is 5.92 Å². The van der Waals surface area contributed by atoms with Gasteiger partial charge in [0.25, 0.3) is 0 Å². The molecule has 0 radical (unpaired) electrons. The van der Waals surface area contributed by atoms with E-state index < -0.39 is 10.0 Å². The molecule has 2 aromatic rings. The summed E-state index contributed by atoms with van der Waals surface area (Å²) in [6, 6.07) is 15.1. The number of anilines is 1. The van der Waals surface area contributed by atoms with E-state index in [9.17, 15) is 13.2 Å². The summed E-state index contributed by atoms with van der Waals surface area (Å²) in [5.74, 6) is 2.29. The number of piperidine rings is 1. The maximum Gasteiger partial charge on any atom is 0.236 e. The van der Waals surface area contributed by atoms with Gasteiger partial charge in [-0.25, -0.2) is 8.42 Å². The molecule has 2 aromatic carbocycles. The molecule has 9 heteroatoms. The number of carbonyl (C=O) groups is 1. The fourth-order valence-electron chi connectivity index (χ4n) is 5.58. The van der Waals surface area contributed by atoms with Crippen LogP contribution in [0.2, 0.25) is 0 Å². The number of amides is 1. The van der Waals surface area contributed by atoms with Crippen molar-refractivity contribution in [1.82, 2.24) is 15.5 Å². The number of sulfonamides is 1. The number of nitrogens with one attached hydrogen (secondary N) is 3. The molecule has 0 spiro atoms. The molecule has 1 unspecified atom stereocenters. The van der Waals surface area contributed by atoms with Gasteiger partial charge in [-0.3, -0.25) is 14.4 Å². The maximum absolute atomic E-state index is 12.6. The molecule has 39 heavy (non-hydrogen) atoms. The van der Waals surface area contributed by atoms with E-state index >= 15 is 0 Å². The van der Waals surface area contributed by atoms with E-state index in [2.05, 4.69) is 32.4 Å². The van der Waals surface area contributed by atoms with E-state index in [1.165, 1.54) is 37.7 Å². The average Bonchev–Trinajstić information content (AvgIpc) is 2.92. The van der Waals surface area contributed by atoms with Crippen molar-refractivity contribution >= 4 is 21.6 Å². The van der Waals surface area contributed by atoms with Gasteiger partial charge in [-0.05, 0) is 87.2 Å². The average molecular weight is 557 g/mol. The fraction of sp³-hybridized carbons (Fsp3) is 0.567. The van der Waals surface area contributed by atoms with Crippen LogP contribution in [-0.2, 0) is 21.4 Å². The van der Waals surface area contributed by atoms with E-state index in [0.29, 0.717) is 17.5 Å². The fourth-order valence-corrected chi connectivity index (χ4v) is 6.14. The standard InChI is InChI=1S/C30H44N4O4S/c1-23(30(35)31-19-16-24-6-4-3-5-7-24)32-26-17-20-34(21-18-26)22-25-8-12-28(13-9-25)38-29-14-10-27(11-15-29)33-39(2,36)37/h8-15,23-24,26,32-33H,3-7,16-22H2,1-2H3,(H,31,35). The van der Waals surface area contributed by atoms with Crippen LogP contribution in [0.25, 0.3) is 0 Å². The second-order valence-electron chi connectivity index (χ2n) is 11.2. The third-order valence-corrected chi connectivity index (χ3v) is 8.37. The van der Waals surface area contributed by atoms with E-state index in [1.54, 1.807) is 24.3 Å². The SMILES string of the molecule is CC(NC1CCN(Cc2ccc(Oc3ccc(NS(C)(=O)=O)cc3)cc2)CC1)C(=O)NCCC1CCCCC1. The van der Waals surface area contributed by atoms with Gasteiger partial charge in [-0.2, -0.15) is 0 Å². The first-order chi connectivity index (χ1) is 18.7. The third kappa shape index (κ3) is 10.1. The monoisotopic (exact) mass is 556 g/mol. The molecule has 1 amide bonds. The largest absolute Gasteiger partial charge is 0.457 e. The van der Waals surface area contributed by atoms with Crippen molar-refractivity contribution in [2.45, 2.75) is 76.9 Å². The summed E-state index contributed by atoms with van der Waals surface area (Å²) in [6.07, 6.45) is 11.0. The lowest BCUT2D eigenvalue weighted by Gasteiger charge is -2.33. The number of carbonyl (C=O) groups excluding carboxylic acids is 1. The first-order valence-corrected chi connectivity index (χ1v) is 16.2. The van der Waals surface area contributed by atoms with Crippen LogP contribution in [0.5, 0.6) is 11.5 Å². The van der Waals surface area contributed by atoms with Gasteiger partial charge in [-0.15, -0.1) is 0 Å². The van der Waals surface area contributed by atoms with Gasteiger partial charge in [0.2, 0.25) is 15.9 Å². The van der Waals surface area contributed by atoms with E-state index in [-0.39, 0.29) is 11.9 Å². The molecule has 1 heterocycles. The van der Waals surface area contributed by atoms with Gasteiger partial charge in [0.05, 0.1) is 12.3 Å². The Morgan fingerprint density at radius 1 is 0.949 bits per heavy atom. The molecular weight excluding hydrogens is 512 g/mol. The molecule has 8 nitrogen and oxygen atoms in total. The number of benzene rings is 2. The van der Waals surface area contributed by atoms with Gasteiger partial charge >= 0.3 is 0 Å². The quantitative estimate of drug-likeness (QED) is 0.345. The number of hydrogen-bond donors (Lipinski definition) is 3. The number of likely N-dealkylation sites (tertiary alicyclic amines) is 1. The first-order valence-electron chi connectivity index (χ1n) is 14.3. The Morgan fingerprint density at radius 2 is 1.56 bits per heavy atom. The Kier molecular flexibility index (Phi) is 10.6. The van der Waals surface area contributed by atoms with Gasteiger partial charge in [-0.1, -0.05) is 44.2 Å². The highest BCUT2D eigenvalue weighted by Crippen LogP contribution is 2.26. The van der Waals surface area contributed by atoms with Gasteiger partial charge in [0.1, 0.15) is 11.5 Å². The molecule has 2 aliphatic rings. The molecule has 1 atom stereocenters. The van der Waals surface area contributed by atoms with Crippen LogP contribution in [-0.4, -0.2) is 57.2 Å². The zero-order chi connectivity index (χ0) is 27.7. The van der Waals surface area contributed by atoms with Gasteiger partial charge in [0, 0.05) is 24.8 Å². The minimum absolute atomic E-state index is 0.122. The summed E-state index contributed by atoms with van der Waals surface area (Å²) < 4.78 is 31.0. The van der Waals surface area contributed by atoms with Crippen molar-refractivity contribution in [3.8, 4) is 11.5 Å². The molecule has 1 aliphatic carbocycles. The highest BCUT2D eigenvalue weighted by Gasteiger charge is 2.23. The van der Waals surface area contributed by atoms with Crippen molar-refractivity contribution in [2.24, 2.45) is 5.92 Å². The molecule has 2 fully saturated rings. The maximum atomic E-state index is 12.6. The molecule has 1 saturated heterocycles. The molecule has 0 bridgehead atoms. The Bertz CT molecular complexity index is 1140. The summed E-state index contributed by atoms with van der Waals surface area (Å²) in [6.45, 7) is 5.66. The summed E-state index contributed by atoms with van der Waals surface area (Å²) in [4.78, 5) is 15.0. The summed E-state index contributed by atoms with van der Waals surface area (Å²) in [5.41, 5.74) is 1.73. The van der Waals surface area contributed by atoms with Crippen molar-refractivity contribution in [3.05, 3.63) is 54.1 Å². The zero-order valence-electron chi connectivity index (χ0n) is 23.3.